The summed E-state index contributed by atoms with van der Waals surface area (Å²) in [6, 6.07) is 23.4. The number of ether oxygens (including phenoxy) is 2. The number of methoxy groups -OCH3 is 2. The van der Waals surface area contributed by atoms with Gasteiger partial charge in [0.1, 0.15) is 11.5 Å². The summed E-state index contributed by atoms with van der Waals surface area (Å²) in [5.74, 6) is 14.1. The molecule has 0 aliphatic carbocycles. The third-order valence-corrected chi connectivity index (χ3v) is 3.71. The Hall–Kier alpha value is -3.62. The van der Waals surface area contributed by atoms with Crippen molar-refractivity contribution in [1.29, 1.82) is 0 Å². The Morgan fingerprint density at radius 3 is 1.38 bits per heavy atom. The van der Waals surface area contributed by atoms with Crippen LogP contribution in [0.25, 0.3) is 0 Å². The van der Waals surface area contributed by atoms with E-state index in [0.717, 1.165) is 33.8 Å². The molecule has 0 N–H and O–H groups in total. The van der Waals surface area contributed by atoms with Crippen LogP contribution in [0.1, 0.15) is 22.3 Å². The first kappa shape index (κ1) is 17.2. The predicted octanol–water partition coefficient (Wildman–Crippen LogP) is 4.50. The van der Waals surface area contributed by atoms with Crippen LogP contribution in [-0.2, 0) is 0 Å². The molecule has 0 aliphatic heterocycles. The summed E-state index contributed by atoms with van der Waals surface area (Å²) in [6.45, 7) is 0. The molecule has 0 bridgehead atoms. The average Bonchev–Trinajstić information content (AvgIpc) is 2.72. The predicted molar refractivity (Wildman–Crippen MR) is 104 cm³/mol. The van der Waals surface area contributed by atoms with Gasteiger partial charge in [-0.3, -0.25) is 0 Å². The molecular formula is C24H18O2. The van der Waals surface area contributed by atoms with Crippen molar-refractivity contribution in [1.82, 2.24) is 0 Å². The van der Waals surface area contributed by atoms with Crippen LogP contribution in [0.15, 0.2) is 72.8 Å². The lowest BCUT2D eigenvalue weighted by molar-refractivity contribution is 0.394. The highest BCUT2D eigenvalue weighted by Gasteiger charge is 1.99. The zero-order valence-corrected chi connectivity index (χ0v) is 14.7. The Morgan fingerprint density at radius 2 is 0.923 bits per heavy atom. The monoisotopic (exact) mass is 338 g/mol. The Morgan fingerprint density at radius 1 is 0.500 bits per heavy atom. The third-order valence-electron chi connectivity index (χ3n) is 3.71. The highest BCUT2D eigenvalue weighted by Crippen LogP contribution is 2.21. The molecule has 2 nitrogen and oxygen atoms in total. The number of benzene rings is 3. The van der Waals surface area contributed by atoms with Gasteiger partial charge in [0.2, 0.25) is 0 Å². The van der Waals surface area contributed by atoms with Gasteiger partial charge in [0, 0.05) is 28.3 Å². The van der Waals surface area contributed by atoms with Gasteiger partial charge in [0.15, 0.2) is 0 Å². The Balaban J connectivity index is 1.77. The van der Waals surface area contributed by atoms with Crippen LogP contribution in [0.4, 0.5) is 0 Å². The fourth-order valence-corrected chi connectivity index (χ4v) is 2.33. The highest BCUT2D eigenvalue weighted by molar-refractivity contribution is 5.50. The van der Waals surface area contributed by atoms with Crippen LogP contribution in [0.3, 0.4) is 0 Å². The van der Waals surface area contributed by atoms with Gasteiger partial charge >= 0.3 is 0 Å². The molecule has 0 fully saturated rings. The summed E-state index contributed by atoms with van der Waals surface area (Å²) in [6.07, 6.45) is 0. The fourth-order valence-electron chi connectivity index (χ4n) is 2.33. The molecule has 126 valence electrons. The molecule has 2 heteroatoms. The van der Waals surface area contributed by atoms with Crippen LogP contribution in [0, 0.1) is 23.7 Å². The molecule has 0 spiro atoms. The van der Waals surface area contributed by atoms with Gasteiger partial charge in [0.25, 0.3) is 0 Å². The van der Waals surface area contributed by atoms with Crippen LogP contribution in [-0.4, -0.2) is 14.2 Å². The average molecular weight is 338 g/mol. The van der Waals surface area contributed by atoms with Crippen molar-refractivity contribution >= 4 is 0 Å². The molecule has 0 unspecified atom stereocenters. The molecular weight excluding hydrogens is 320 g/mol. The number of hydrogen-bond acceptors (Lipinski definition) is 2. The molecule has 3 rings (SSSR count). The molecule has 0 saturated heterocycles. The standard InChI is InChI=1S/C24H18O2/c1-25-23-16-22(17-24(18-23)26-2)15-14-21-12-10-20(11-13-21)9-8-19-6-4-3-5-7-19/h3-7,10-13,16-18H,1-2H3. The molecule has 26 heavy (non-hydrogen) atoms. The fraction of sp³-hybridized carbons (Fsp3) is 0.0833. The minimum atomic E-state index is 0.722. The first-order valence-corrected chi connectivity index (χ1v) is 8.19. The SMILES string of the molecule is COc1cc(C#Cc2ccc(C#Cc3ccccc3)cc2)cc(OC)c1. The molecule has 0 saturated carbocycles. The molecule has 0 heterocycles. The van der Waals surface area contributed by atoms with Gasteiger partial charge in [-0.05, 0) is 48.5 Å². The molecule has 0 atom stereocenters. The summed E-state index contributed by atoms with van der Waals surface area (Å²) < 4.78 is 10.5. The second-order valence-electron chi connectivity index (χ2n) is 5.54. The Labute approximate surface area is 154 Å². The van der Waals surface area contributed by atoms with Crippen LogP contribution >= 0.6 is 0 Å². The smallest absolute Gasteiger partial charge is 0.123 e. The van der Waals surface area contributed by atoms with E-state index in [1.54, 1.807) is 14.2 Å². The quantitative estimate of drug-likeness (QED) is 0.640. The van der Waals surface area contributed by atoms with E-state index in [9.17, 15) is 0 Å². The van der Waals surface area contributed by atoms with E-state index in [0.29, 0.717) is 0 Å². The summed E-state index contributed by atoms with van der Waals surface area (Å²) in [5.41, 5.74) is 3.73. The van der Waals surface area contributed by atoms with Gasteiger partial charge in [-0.1, -0.05) is 41.9 Å². The summed E-state index contributed by atoms with van der Waals surface area (Å²) in [5, 5.41) is 0. The van der Waals surface area contributed by atoms with Crippen molar-refractivity contribution in [2.24, 2.45) is 0 Å². The van der Waals surface area contributed by atoms with Gasteiger partial charge in [-0.25, -0.2) is 0 Å². The molecule has 3 aromatic rings. The topological polar surface area (TPSA) is 18.5 Å². The lowest BCUT2D eigenvalue weighted by Crippen LogP contribution is -1.88. The minimum absolute atomic E-state index is 0.722. The van der Waals surface area contributed by atoms with Gasteiger partial charge in [-0.2, -0.15) is 0 Å². The van der Waals surface area contributed by atoms with Crippen LogP contribution < -0.4 is 9.47 Å². The summed E-state index contributed by atoms with van der Waals surface area (Å²) in [4.78, 5) is 0. The van der Waals surface area contributed by atoms with E-state index < -0.39 is 0 Å². The zero-order valence-electron chi connectivity index (χ0n) is 14.7. The van der Waals surface area contributed by atoms with Crippen molar-refractivity contribution in [3.63, 3.8) is 0 Å². The zero-order chi connectivity index (χ0) is 18.2. The van der Waals surface area contributed by atoms with Gasteiger partial charge < -0.3 is 9.47 Å². The van der Waals surface area contributed by atoms with Gasteiger partial charge in [0.05, 0.1) is 14.2 Å². The van der Waals surface area contributed by atoms with Crippen LogP contribution in [0.5, 0.6) is 11.5 Å². The first-order valence-electron chi connectivity index (χ1n) is 8.19. The largest absolute Gasteiger partial charge is 0.497 e. The van der Waals surface area contributed by atoms with E-state index in [4.69, 9.17) is 9.47 Å². The van der Waals surface area contributed by atoms with E-state index >= 15 is 0 Å². The highest BCUT2D eigenvalue weighted by atomic mass is 16.5. The number of rotatable bonds is 2. The lowest BCUT2D eigenvalue weighted by atomic mass is 10.1. The van der Waals surface area contributed by atoms with E-state index in [2.05, 4.69) is 23.7 Å². The van der Waals surface area contributed by atoms with Crippen molar-refractivity contribution in [2.45, 2.75) is 0 Å². The van der Waals surface area contributed by atoms with Crippen molar-refractivity contribution in [3.05, 3.63) is 95.1 Å². The maximum Gasteiger partial charge on any atom is 0.123 e. The van der Waals surface area contributed by atoms with E-state index in [-0.39, 0.29) is 0 Å². The maximum atomic E-state index is 5.27. The third kappa shape index (κ3) is 4.69. The molecule has 0 radical (unpaired) electrons. The molecule has 0 aliphatic rings. The summed E-state index contributed by atoms with van der Waals surface area (Å²) in [7, 11) is 3.25. The molecule has 3 aromatic carbocycles. The Bertz CT molecular complexity index is 973. The van der Waals surface area contributed by atoms with Crippen molar-refractivity contribution < 1.29 is 9.47 Å². The normalized spacial score (nSPS) is 9.31. The second-order valence-corrected chi connectivity index (χ2v) is 5.54. The van der Waals surface area contributed by atoms with Crippen molar-refractivity contribution in [3.8, 4) is 35.2 Å². The maximum absolute atomic E-state index is 5.27. The van der Waals surface area contributed by atoms with Crippen LogP contribution in [0.2, 0.25) is 0 Å². The Kier molecular flexibility index (Phi) is 5.61. The first-order chi connectivity index (χ1) is 12.8. The minimum Gasteiger partial charge on any atom is -0.497 e. The lowest BCUT2D eigenvalue weighted by Gasteiger charge is -2.04. The van der Waals surface area contributed by atoms with Crippen molar-refractivity contribution in [2.75, 3.05) is 14.2 Å². The second kappa shape index (κ2) is 8.47. The molecule has 0 aromatic heterocycles. The van der Waals surface area contributed by atoms with E-state index in [1.165, 1.54) is 0 Å². The molecule has 0 amide bonds. The number of hydrogen-bond donors (Lipinski definition) is 0. The van der Waals surface area contributed by atoms with E-state index in [1.807, 2.05) is 72.8 Å². The van der Waals surface area contributed by atoms with Gasteiger partial charge in [-0.15, -0.1) is 0 Å². The summed E-state index contributed by atoms with van der Waals surface area (Å²) >= 11 is 0.